The maximum Gasteiger partial charge on any atom is 0.175 e. The first-order valence-electron chi connectivity index (χ1n) is 5.69. The van der Waals surface area contributed by atoms with Gasteiger partial charge in [0.1, 0.15) is 0 Å². The molecule has 1 aromatic carbocycles. The molecule has 1 N–H and O–H groups in total. The number of rotatable bonds is 6. The van der Waals surface area contributed by atoms with Crippen molar-refractivity contribution in [3.05, 3.63) is 29.6 Å². The molecule has 0 aliphatic carbocycles. The van der Waals surface area contributed by atoms with Crippen LogP contribution in [0.3, 0.4) is 0 Å². The standard InChI is InChI=1S/C13H18FNO2/c1-4-15-8-9(2)13(16)10-6-5-7-11(17-3)12(10)14/h5-7,9,15H,4,8H2,1-3H3. The maximum atomic E-state index is 13.8. The lowest BCUT2D eigenvalue weighted by molar-refractivity contribution is 0.0924. The third kappa shape index (κ3) is 3.27. The summed E-state index contributed by atoms with van der Waals surface area (Å²) in [5.41, 5.74) is 0.0924. The molecule has 17 heavy (non-hydrogen) atoms. The van der Waals surface area contributed by atoms with Crippen LogP contribution in [-0.4, -0.2) is 26.0 Å². The van der Waals surface area contributed by atoms with Gasteiger partial charge < -0.3 is 10.1 Å². The summed E-state index contributed by atoms with van der Waals surface area (Å²) in [6.45, 7) is 5.08. The molecule has 0 aliphatic heterocycles. The molecule has 1 rings (SSSR count). The molecule has 4 heteroatoms. The van der Waals surface area contributed by atoms with Crippen molar-refractivity contribution in [1.82, 2.24) is 5.32 Å². The largest absolute Gasteiger partial charge is 0.494 e. The summed E-state index contributed by atoms with van der Waals surface area (Å²) < 4.78 is 18.7. The van der Waals surface area contributed by atoms with E-state index >= 15 is 0 Å². The Morgan fingerprint density at radius 2 is 2.24 bits per heavy atom. The third-order valence-corrected chi connectivity index (χ3v) is 2.60. The van der Waals surface area contributed by atoms with E-state index in [0.717, 1.165) is 6.54 Å². The summed E-state index contributed by atoms with van der Waals surface area (Å²) in [6.07, 6.45) is 0. The molecule has 0 saturated carbocycles. The van der Waals surface area contributed by atoms with Gasteiger partial charge in [0.2, 0.25) is 0 Å². The second-order valence-electron chi connectivity index (χ2n) is 3.89. The first-order chi connectivity index (χ1) is 8.11. The van der Waals surface area contributed by atoms with Crippen molar-refractivity contribution < 1.29 is 13.9 Å². The van der Waals surface area contributed by atoms with Crippen LogP contribution >= 0.6 is 0 Å². The minimum absolute atomic E-state index is 0.0924. The zero-order chi connectivity index (χ0) is 12.8. The highest BCUT2D eigenvalue weighted by Crippen LogP contribution is 2.22. The fraction of sp³-hybridized carbons (Fsp3) is 0.462. The van der Waals surface area contributed by atoms with Gasteiger partial charge in [0, 0.05) is 12.5 Å². The molecule has 0 spiro atoms. The quantitative estimate of drug-likeness (QED) is 0.774. The molecule has 0 saturated heterocycles. The Kier molecular flexibility index (Phi) is 5.10. The van der Waals surface area contributed by atoms with E-state index in [1.807, 2.05) is 6.92 Å². The molecule has 0 bridgehead atoms. The number of ketones is 1. The van der Waals surface area contributed by atoms with Crippen LogP contribution in [0.25, 0.3) is 0 Å². The van der Waals surface area contributed by atoms with E-state index in [4.69, 9.17) is 4.74 Å². The van der Waals surface area contributed by atoms with E-state index in [-0.39, 0.29) is 23.0 Å². The molecule has 3 nitrogen and oxygen atoms in total. The van der Waals surface area contributed by atoms with Crippen LogP contribution in [0.5, 0.6) is 5.75 Å². The summed E-state index contributed by atoms with van der Waals surface area (Å²) in [7, 11) is 1.38. The number of methoxy groups -OCH3 is 1. The topological polar surface area (TPSA) is 38.3 Å². The fourth-order valence-corrected chi connectivity index (χ4v) is 1.58. The van der Waals surface area contributed by atoms with Crippen LogP contribution in [0.4, 0.5) is 4.39 Å². The number of benzene rings is 1. The normalized spacial score (nSPS) is 12.2. The molecule has 0 fully saturated rings. The van der Waals surface area contributed by atoms with Gasteiger partial charge in [-0.2, -0.15) is 0 Å². The highest BCUT2D eigenvalue weighted by atomic mass is 19.1. The van der Waals surface area contributed by atoms with E-state index in [9.17, 15) is 9.18 Å². The Balaban J connectivity index is 2.88. The molecule has 0 aliphatic rings. The SMILES string of the molecule is CCNCC(C)C(=O)c1cccc(OC)c1F. The van der Waals surface area contributed by atoms with Gasteiger partial charge in [-0.15, -0.1) is 0 Å². The zero-order valence-electron chi connectivity index (χ0n) is 10.4. The van der Waals surface area contributed by atoms with Crippen LogP contribution in [0.2, 0.25) is 0 Å². The van der Waals surface area contributed by atoms with E-state index in [0.29, 0.717) is 6.54 Å². The number of carbonyl (C=O) groups is 1. The number of carbonyl (C=O) groups excluding carboxylic acids is 1. The van der Waals surface area contributed by atoms with Crippen LogP contribution in [0.1, 0.15) is 24.2 Å². The van der Waals surface area contributed by atoms with E-state index in [1.165, 1.54) is 19.2 Å². The van der Waals surface area contributed by atoms with Gasteiger partial charge in [0.15, 0.2) is 17.3 Å². The lowest BCUT2D eigenvalue weighted by Crippen LogP contribution is -2.26. The van der Waals surface area contributed by atoms with Crippen molar-refractivity contribution in [2.24, 2.45) is 5.92 Å². The van der Waals surface area contributed by atoms with Crippen molar-refractivity contribution in [3.8, 4) is 5.75 Å². The Bertz CT molecular complexity index is 393. The average Bonchev–Trinajstić information content (AvgIpc) is 2.35. The summed E-state index contributed by atoms with van der Waals surface area (Å²) in [4.78, 5) is 12.0. The molecule has 0 aromatic heterocycles. The first-order valence-corrected chi connectivity index (χ1v) is 5.69. The lowest BCUT2D eigenvalue weighted by Gasteiger charge is -2.12. The van der Waals surface area contributed by atoms with Crippen molar-refractivity contribution in [2.75, 3.05) is 20.2 Å². The number of hydrogen-bond donors (Lipinski definition) is 1. The van der Waals surface area contributed by atoms with Gasteiger partial charge in [0.25, 0.3) is 0 Å². The predicted octanol–water partition coefficient (Wildman–Crippen LogP) is 2.26. The monoisotopic (exact) mass is 239 g/mol. The van der Waals surface area contributed by atoms with Gasteiger partial charge in [0.05, 0.1) is 12.7 Å². The van der Waals surface area contributed by atoms with Crippen molar-refractivity contribution >= 4 is 5.78 Å². The Hall–Kier alpha value is -1.42. The van der Waals surface area contributed by atoms with Crippen LogP contribution in [0.15, 0.2) is 18.2 Å². The van der Waals surface area contributed by atoms with Crippen molar-refractivity contribution in [1.29, 1.82) is 0 Å². The Labute approximate surface area is 101 Å². The average molecular weight is 239 g/mol. The predicted molar refractivity (Wildman–Crippen MR) is 65.0 cm³/mol. The molecule has 1 unspecified atom stereocenters. The molecule has 0 amide bonds. The highest BCUT2D eigenvalue weighted by molar-refractivity contribution is 5.98. The molecule has 1 atom stereocenters. The number of hydrogen-bond acceptors (Lipinski definition) is 3. The minimum Gasteiger partial charge on any atom is -0.494 e. The van der Waals surface area contributed by atoms with Crippen molar-refractivity contribution in [2.45, 2.75) is 13.8 Å². The Morgan fingerprint density at radius 3 is 2.82 bits per heavy atom. The second kappa shape index (κ2) is 6.35. The smallest absolute Gasteiger partial charge is 0.175 e. The molecule has 0 heterocycles. The third-order valence-electron chi connectivity index (χ3n) is 2.60. The number of halogens is 1. The van der Waals surface area contributed by atoms with Crippen LogP contribution < -0.4 is 10.1 Å². The Morgan fingerprint density at radius 1 is 1.53 bits per heavy atom. The lowest BCUT2D eigenvalue weighted by atomic mass is 9.98. The van der Waals surface area contributed by atoms with E-state index < -0.39 is 5.82 Å². The van der Waals surface area contributed by atoms with Gasteiger partial charge in [-0.25, -0.2) is 4.39 Å². The van der Waals surface area contributed by atoms with Crippen LogP contribution in [-0.2, 0) is 0 Å². The number of nitrogens with one attached hydrogen (secondary N) is 1. The maximum absolute atomic E-state index is 13.8. The summed E-state index contributed by atoms with van der Waals surface area (Å²) in [6, 6.07) is 4.61. The molecule has 1 aromatic rings. The van der Waals surface area contributed by atoms with Gasteiger partial charge in [-0.3, -0.25) is 4.79 Å². The molecule has 0 radical (unpaired) electrons. The second-order valence-corrected chi connectivity index (χ2v) is 3.89. The van der Waals surface area contributed by atoms with Gasteiger partial charge >= 0.3 is 0 Å². The van der Waals surface area contributed by atoms with E-state index in [2.05, 4.69) is 5.32 Å². The summed E-state index contributed by atoms with van der Waals surface area (Å²) in [5, 5.41) is 3.07. The molecular formula is C13H18FNO2. The molecule has 94 valence electrons. The highest BCUT2D eigenvalue weighted by Gasteiger charge is 2.20. The van der Waals surface area contributed by atoms with Gasteiger partial charge in [-0.1, -0.05) is 19.9 Å². The first kappa shape index (κ1) is 13.6. The zero-order valence-corrected chi connectivity index (χ0v) is 10.4. The molecular weight excluding hydrogens is 221 g/mol. The summed E-state index contributed by atoms with van der Waals surface area (Å²) in [5.74, 6) is -0.936. The minimum atomic E-state index is -0.580. The number of ether oxygens (including phenoxy) is 1. The fourth-order valence-electron chi connectivity index (χ4n) is 1.58. The van der Waals surface area contributed by atoms with E-state index in [1.54, 1.807) is 13.0 Å². The van der Waals surface area contributed by atoms with Crippen LogP contribution in [0, 0.1) is 11.7 Å². The summed E-state index contributed by atoms with van der Waals surface area (Å²) >= 11 is 0. The number of Topliss-reactive ketones (excluding diaryl/α,β-unsaturated/α-hetero) is 1. The van der Waals surface area contributed by atoms with Gasteiger partial charge in [-0.05, 0) is 18.7 Å². The van der Waals surface area contributed by atoms with Crippen molar-refractivity contribution in [3.63, 3.8) is 0 Å².